The Labute approximate surface area is 124 Å². The lowest BCUT2D eigenvalue weighted by molar-refractivity contribution is 0.190. The molecule has 2 atom stereocenters. The highest BCUT2D eigenvalue weighted by molar-refractivity contribution is 5.22. The zero-order chi connectivity index (χ0) is 14.4. The van der Waals surface area contributed by atoms with Crippen LogP contribution < -0.4 is 5.32 Å². The second kappa shape index (κ2) is 7.80. The van der Waals surface area contributed by atoms with Crippen LogP contribution in [0.4, 0.5) is 0 Å². The third-order valence-corrected chi connectivity index (χ3v) is 4.42. The Hall–Kier alpha value is -0.860. The zero-order valence-electron chi connectivity index (χ0n) is 13.4. The van der Waals surface area contributed by atoms with Gasteiger partial charge in [-0.25, -0.2) is 0 Å². The maximum absolute atomic E-state index is 3.83. The van der Waals surface area contributed by atoms with Gasteiger partial charge in [-0.1, -0.05) is 36.8 Å². The van der Waals surface area contributed by atoms with Crippen molar-refractivity contribution < 1.29 is 0 Å². The fraction of sp³-hybridized carbons (Fsp3) is 0.667. The first-order valence-electron chi connectivity index (χ1n) is 8.21. The van der Waals surface area contributed by atoms with E-state index in [9.17, 15) is 0 Å². The highest BCUT2D eigenvalue weighted by Gasteiger charge is 2.19. The number of piperidine rings is 1. The SMILES string of the molecule is CCN1CCCC(NC(C)CCc2cccc(C)c2)C1. The minimum Gasteiger partial charge on any atom is -0.310 e. The molecule has 0 radical (unpaired) electrons. The molecule has 1 saturated heterocycles. The van der Waals surface area contributed by atoms with Crippen molar-refractivity contribution in [3.63, 3.8) is 0 Å². The summed E-state index contributed by atoms with van der Waals surface area (Å²) in [6.07, 6.45) is 5.09. The van der Waals surface area contributed by atoms with Crippen molar-refractivity contribution in [3.05, 3.63) is 35.4 Å². The van der Waals surface area contributed by atoms with Crippen LogP contribution in [-0.2, 0) is 6.42 Å². The monoisotopic (exact) mass is 274 g/mol. The number of hydrogen-bond donors (Lipinski definition) is 1. The summed E-state index contributed by atoms with van der Waals surface area (Å²) >= 11 is 0. The quantitative estimate of drug-likeness (QED) is 0.855. The van der Waals surface area contributed by atoms with Gasteiger partial charge >= 0.3 is 0 Å². The van der Waals surface area contributed by atoms with Gasteiger partial charge in [-0.3, -0.25) is 0 Å². The first kappa shape index (κ1) is 15.5. The number of nitrogens with zero attached hydrogens (tertiary/aromatic N) is 1. The van der Waals surface area contributed by atoms with Crippen LogP contribution in [-0.4, -0.2) is 36.6 Å². The third kappa shape index (κ3) is 4.92. The molecular formula is C18H30N2. The Kier molecular flexibility index (Phi) is 6.06. The van der Waals surface area contributed by atoms with E-state index in [0.29, 0.717) is 12.1 Å². The molecule has 0 amide bonds. The number of likely N-dealkylation sites (N-methyl/N-ethyl adjacent to an activating group) is 1. The topological polar surface area (TPSA) is 15.3 Å². The summed E-state index contributed by atoms with van der Waals surface area (Å²) in [6.45, 7) is 10.5. The van der Waals surface area contributed by atoms with E-state index in [1.165, 1.54) is 56.4 Å². The van der Waals surface area contributed by atoms with E-state index < -0.39 is 0 Å². The molecule has 0 spiro atoms. The molecule has 0 bridgehead atoms. The van der Waals surface area contributed by atoms with Gasteiger partial charge in [-0.2, -0.15) is 0 Å². The van der Waals surface area contributed by atoms with Gasteiger partial charge < -0.3 is 10.2 Å². The van der Waals surface area contributed by atoms with Crippen molar-refractivity contribution >= 4 is 0 Å². The van der Waals surface area contributed by atoms with Crippen molar-refractivity contribution in [2.24, 2.45) is 0 Å². The molecule has 0 aromatic heterocycles. The Morgan fingerprint density at radius 3 is 3.00 bits per heavy atom. The molecule has 1 fully saturated rings. The highest BCUT2D eigenvalue weighted by Crippen LogP contribution is 2.12. The lowest BCUT2D eigenvalue weighted by atomic mass is 10.0. The average Bonchev–Trinajstić information content (AvgIpc) is 2.45. The average molecular weight is 274 g/mol. The van der Waals surface area contributed by atoms with Crippen LogP contribution in [0.2, 0.25) is 0 Å². The molecule has 1 heterocycles. The van der Waals surface area contributed by atoms with Crippen LogP contribution in [0.3, 0.4) is 0 Å². The Morgan fingerprint density at radius 2 is 2.25 bits per heavy atom. The largest absolute Gasteiger partial charge is 0.310 e. The van der Waals surface area contributed by atoms with E-state index >= 15 is 0 Å². The van der Waals surface area contributed by atoms with E-state index in [1.807, 2.05) is 0 Å². The number of rotatable bonds is 6. The van der Waals surface area contributed by atoms with Gasteiger partial charge in [0.15, 0.2) is 0 Å². The smallest absolute Gasteiger partial charge is 0.0197 e. The number of likely N-dealkylation sites (tertiary alicyclic amines) is 1. The van der Waals surface area contributed by atoms with Crippen LogP contribution in [0.5, 0.6) is 0 Å². The summed E-state index contributed by atoms with van der Waals surface area (Å²) in [5.74, 6) is 0. The van der Waals surface area contributed by atoms with Crippen molar-refractivity contribution in [1.29, 1.82) is 0 Å². The first-order chi connectivity index (χ1) is 9.67. The summed E-state index contributed by atoms with van der Waals surface area (Å²) < 4.78 is 0. The fourth-order valence-corrected chi connectivity index (χ4v) is 3.22. The van der Waals surface area contributed by atoms with E-state index in [2.05, 4.69) is 55.3 Å². The fourth-order valence-electron chi connectivity index (χ4n) is 3.22. The molecule has 1 N–H and O–H groups in total. The van der Waals surface area contributed by atoms with Gasteiger partial charge in [0.05, 0.1) is 0 Å². The standard InChI is InChI=1S/C18H30N2/c1-4-20-12-6-9-18(14-20)19-16(3)10-11-17-8-5-7-15(2)13-17/h5,7-8,13,16,18-19H,4,6,9-12,14H2,1-3H3. The first-order valence-corrected chi connectivity index (χ1v) is 8.21. The summed E-state index contributed by atoms with van der Waals surface area (Å²) in [4.78, 5) is 2.56. The number of aryl methyl sites for hydroxylation is 2. The Morgan fingerprint density at radius 1 is 1.40 bits per heavy atom. The predicted molar refractivity (Wildman–Crippen MR) is 87.2 cm³/mol. The summed E-state index contributed by atoms with van der Waals surface area (Å²) in [7, 11) is 0. The normalized spacial score (nSPS) is 21.9. The molecule has 0 aliphatic carbocycles. The number of nitrogens with one attached hydrogen (secondary N) is 1. The predicted octanol–water partition coefficient (Wildman–Crippen LogP) is 3.39. The molecule has 2 unspecified atom stereocenters. The van der Waals surface area contributed by atoms with Crippen molar-refractivity contribution in [3.8, 4) is 0 Å². The summed E-state index contributed by atoms with van der Waals surface area (Å²) in [6, 6.07) is 10.2. The minimum absolute atomic E-state index is 0.609. The van der Waals surface area contributed by atoms with Crippen LogP contribution in [0.25, 0.3) is 0 Å². The number of benzene rings is 1. The lowest BCUT2D eigenvalue weighted by Crippen LogP contribution is -2.48. The van der Waals surface area contributed by atoms with Crippen molar-refractivity contribution in [2.75, 3.05) is 19.6 Å². The molecule has 0 saturated carbocycles. The molecule has 1 aliphatic rings. The second-order valence-corrected chi connectivity index (χ2v) is 6.33. The van der Waals surface area contributed by atoms with Crippen LogP contribution in [0.1, 0.15) is 44.2 Å². The molecule has 2 rings (SSSR count). The molecule has 2 heteroatoms. The van der Waals surface area contributed by atoms with Crippen LogP contribution in [0.15, 0.2) is 24.3 Å². The molecular weight excluding hydrogens is 244 g/mol. The Bertz CT molecular complexity index is 402. The minimum atomic E-state index is 0.609. The summed E-state index contributed by atoms with van der Waals surface area (Å²) in [5, 5.41) is 3.83. The van der Waals surface area contributed by atoms with Gasteiger partial charge in [0.1, 0.15) is 0 Å². The summed E-state index contributed by atoms with van der Waals surface area (Å²) in [5.41, 5.74) is 2.84. The van der Waals surface area contributed by atoms with Gasteiger partial charge in [0.2, 0.25) is 0 Å². The van der Waals surface area contributed by atoms with Crippen LogP contribution in [0, 0.1) is 6.92 Å². The van der Waals surface area contributed by atoms with Crippen molar-refractivity contribution in [2.45, 2.75) is 58.5 Å². The van der Waals surface area contributed by atoms with Gasteiger partial charge in [-0.15, -0.1) is 0 Å². The molecule has 2 nitrogen and oxygen atoms in total. The van der Waals surface area contributed by atoms with E-state index in [1.54, 1.807) is 0 Å². The van der Waals surface area contributed by atoms with E-state index in [4.69, 9.17) is 0 Å². The number of hydrogen-bond acceptors (Lipinski definition) is 2. The second-order valence-electron chi connectivity index (χ2n) is 6.33. The molecule has 20 heavy (non-hydrogen) atoms. The maximum Gasteiger partial charge on any atom is 0.0197 e. The van der Waals surface area contributed by atoms with Gasteiger partial charge in [-0.05, 0) is 58.2 Å². The van der Waals surface area contributed by atoms with E-state index in [0.717, 1.165) is 0 Å². The van der Waals surface area contributed by atoms with Gasteiger partial charge in [0, 0.05) is 18.6 Å². The lowest BCUT2D eigenvalue weighted by Gasteiger charge is -2.34. The zero-order valence-corrected chi connectivity index (χ0v) is 13.4. The highest BCUT2D eigenvalue weighted by atomic mass is 15.2. The molecule has 112 valence electrons. The van der Waals surface area contributed by atoms with E-state index in [-0.39, 0.29) is 0 Å². The van der Waals surface area contributed by atoms with Gasteiger partial charge in [0.25, 0.3) is 0 Å². The third-order valence-electron chi connectivity index (χ3n) is 4.42. The molecule has 1 aliphatic heterocycles. The molecule has 1 aromatic carbocycles. The maximum atomic E-state index is 3.83. The van der Waals surface area contributed by atoms with Crippen molar-refractivity contribution in [1.82, 2.24) is 10.2 Å². The molecule has 1 aromatic rings. The Balaban J connectivity index is 1.73. The van der Waals surface area contributed by atoms with Crippen LogP contribution >= 0.6 is 0 Å².